The van der Waals surface area contributed by atoms with E-state index in [1.54, 1.807) is 6.92 Å². The Morgan fingerprint density at radius 3 is 2.50 bits per heavy atom. The van der Waals surface area contributed by atoms with Crippen LogP contribution in [0, 0.1) is 13.8 Å². The third kappa shape index (κ3) is 3.16. The zero-order chi connectivity index (χ0) is 12.3. The molecule has 0 radical (unpaired) electrons. The Hall–Kier alpha value is -0.670. The van der Waals surface area contributed by atoms with Gasteiger partial charge in [-0.2, -0.15) is 0 Å². The van der Waals surface area contributed by atoms with Crippen LogP contribution in [-0.2, 0) is 11.2 Å². The number of Topliss-reactive ketones (excluding diaryl/α,β-unsaturated/α-hetero) is 1. The van der Waals surface area contributed by atoms with Crippen LogP contribution >= 0.6 is 15.9 Å². The lowest BCUT2D eigenvalue weighted by molar-refractivity contribution is -0.118. The number of halogens is 1. The summed E-state index contributed by atoms with van der Waals surface area (Å²) in [5.41, 5.74) is 3.69. The fraction of sp³-hybridized carbons (Fsp3) is 0.462. The van der Waals surface area contributed by atoms with Gasteiger partial charge >= 0.3 is 0 Å². The summed E-state index contributed by atoms with van der Waals surface area (Å²) >= 11 is 3.54. The van der Waals surface area contributed by atoms with Gasteiger partial charge in [-0.3, -0.25) is 4.79 Å². The quantitative estimate of drug-likeness (QED) is 0.921. The number of carbonyl (C=O) groups excluding carboxylic acids is 1. The molecule has 1 atom stereocenters. The Morgan fingerprint density at radius 2 is 2.06 bits per heavy atom. The van der Waals surface area contributed by atoms with E-state index >= 15 is 0 Å². The highest BCUT2D eigenvalue weighted by molar-refractivity contribution is 9.10. The maximum Gasteiger partial charge on any atom is 0.147 e. The fourth-order valence-electron chi connectivity index (χ4n) is 1.69. The molecule has 0 spiro atoms. The van der Waals surface area contributed by atoms with Crippen molar-refractivity contribution >= 4 is 21.7 Å². The maximum atomic E-state index is 11.3. The van der Waals surface area contributed by atoms with E-state index in [1.807, 2.05) is 7.05 Å². The second-order valence-electron chi connectivity index (χ2n) is 4.18. The first-order chi connectivity index (χ1) is 7.45. The number of carbonyl (C=O) groups is 1. The van der Waals surface area contributed by atoms with Crippen LogP contribution in [0.1, 0.15) is 23.6 Å². The highest BCUT2D eigenvalue weighted by Gasteiger charge is 2.13. The first-order valence-electron chi connectivity index (χ1n) is 5.39. The topological polar surface area (TPSA) is 29.1 Å². The Balaban J connectivity index is 2.93. The van der Waals surface area contributed by atoms with Gasteiger partial charge in [-0.25, -0.2) is 0 Å². The van der Waals surface area contributed by atoms with Gasteiger partial charge in [0.05, 0.1) is 6.04 Å². The van der Waals surface area contributed by atoms with Gasteiger partial charge in [0, 0.05) is 4.47 Å². The van der Waals surface area contributed by atoms with Gasteiger partial charge in [0.25, 0.3) is 0 Å². The van der Waals surface area contributed by atoms with Crippen LogP contribution in [0.5, 0.6) is 0 Å². The van der Waals surface area contributed by atoms with Crippen molar-refractivity contribution in [1.82, 2.24) is 5.32 Å². The van der Waals surface area contributed by atoms with E-state index < -0.39 is 0 Å². The summed E-state index contributed by atoms with van der Waals surface area (Å²) in [6, 6.07) is 4.15. The molecule has 0 amide bonds. The molecule has 1 aromatic carbocycles. The van der Waals surface area contributed by atoms with Gasteiger partial charge in [0.15, 0.2) is 0 Å². The SMILES string of the molecule is CNC(Cc1cc(C)c(C)c(Br)c1)C(C)=O. The van der Waals surface area contributed by atoms with Gasteiger partial charge in [0.1, 0.15) is 5.78 Å². The number of aryl methyl sites for hydroxylation is 1. The number of likely N-dealkylation sites (N-methyl/N-ethyl adjacent to an activating group) is 1. The molecule has 0 aliphatic rings. The molecule has 1 N–H and O–H groups in total. The third-order valence-electron chi connectivity index (χ3n) is 2.94. The molecule has 0 aliphatic heterocycles. The van der Waals surface area contributed by atoms with E-state index in [9.17, 15) is 4.79 Å². The summed E-state index contributed by atoms with van der Waals surface area (Å²) in [6.45, 7) is 5.80. The van der Waals surface area contributed by atoms with E-state index in [2.05, 4.69) is 47.2 Å². The molecular weight excluding hydrogens is 266 g/mol. The lowest BCUT2D eigenvalue weighted by Gasteiger charge is -2.14. The predicted octanol–water partition coefficient (Wildman–Crippen LogP) is 2.79. The first kappa shape index (κ1) is 13.4. The lowest BCUT2D eigenvalue weighted by Crippen LogP contribution is -2.34. The van der Waals surface area contributed by atoms with Gasteiger partial charge < -0.3 is 5.32 Å². The normalized spacial score (nSPS) is 12.6. The molecule has 1 aromatic rings. The minimum absolute atomic E-state index is 0.0889. The fourth-order valence-corrected chi connectivity index (χ4v) is 2.30. The highest BCUT2D eigenvalue weighted by atomic mass is 79.9. The van der Waals surface area contributed by atoms with Gasteiger partial charge in [0.2, 0.25) is 0 Å². The summed E-state index contributed by atoms with van der Waals surface area (Å²) in [6.07, 6.45) is 0.742. The average molecular weight is 284 g/mol. The lowest BCUT2D eigenvalue weighted by atomic mass is 9.99. The van der Waals surface area contributed by atoms with Gasteiger partial charge in [-0.15, -0.1) is 0 Å². The molecule has 0 fully saturated rings. The number of rotatable bonds is 4. The molecule has 1 unspecified atom stereocenters. The van der Waals surface area contributed by atoms with Crippen molar-refractivity contribution in [2.75, 3.05) is 7.05 Å². The van der Waals surface area contributed by atoms with Crippen LogP contribution in [-0.4, -0.2) is 18.9 Å². The van der Waals surface area contributed by atoms with Crippen LogP contribution in [0.15, 0.2) is 16.6 Å². The molecule has 0 aliphatic carbocycles. The largest absolute Gasteiger partial charge is 0.310 e. The molecule has 88 valence electrons. The minimum atomic E-state index is -0.0889. The summed E-state index contributed by atoms with van der Waals surface area (Å²) in [5, 5.41) is 3.04. The van der Waals surface area contributed by atoms with Crippen molar-refractivity contribution in [3.63, 3.8) is 0 Å². The molecule has 16 heavy (non-hydrogen) atoms. The average Bonchev–Trinajstić information content (AvgIpc) is 2.21. The molecule has 0 heterocycles. The number of ketones is 1. The zero-order valence-electron chi connectivity index (χ0n) is 10.2. The van der Waals surface area contributed by atoms with Crippen LogP contribution in [0.3, 0.4) is 0 Å². The van der Waals surface area contributed by atoms with Crippen molar-refractivity contribution < 1.29 is 4.79 Å². The molecule has 0 saturated carbocycles. The van der Waals surface area contributed by atoms with E-state index in [0.717, 1.165) is 10.9 Å². The number of hydrogen-bond donors (Lipinski definition) is 1. The number of nitrogens with one attached hydrogen (secondary N) is 1. The maximum absolute atomic E-state index is 11.3. The summed E-state index contributed by atoms with van der Waals surface area (Å²) < 4.78 is 1.11. The van der Waals surface area contributed by atoms with Crippen LogP contribution in [0.4, 0.5) is 0 Å². The standard InChI is InChI=1S/C13H18BrNO/c1-8-5-11(6-12(14)9(8)2)7-13(15-4)10(3)16/h5-6,13,15H,7H2,1-4H3. The Bertz CT molecular complexity index is 378. The van der Waals surface area contributed by atoms with Gasteiger partial charge in [-0.1, -0.05) is 22.0 Å². The summed E-state index contributed by atoms with van der Waals surface area (Å²) in [5.74, 6) is 0.178. The molecule has 0 saturated heterocycles. The van der Waals surface area contributed by atoms with Crippen molar-refractivity contribution in [3.05, 3.63) is 33.3 Å². The minimum Gasteiger partial charge on any atom is -0.310 e. The molecule has 0 bridgehead atoms. The van der Waals surface area contributed by atoms with Crippen LogP contribution < -0.4 is 5.32 Å². The van der Waals surface area contributed by atoms with Crippen molar-refractivity contribution in [2.24, 2.45) is 0 Å². The van der Waals surface area contributed by atoms with Gasteiger partial charge in [-0.05, 0) is 57.0 Å². The number of hydrogen-bond acceptors (Lipinski definition) is 2. The Morgan fingerprint density at radius 1 is 1.44 bits per heavy atom. The molecule has 3 heteroatoms. The van der Waals surface area contributed by atoms with E-state index in [-0.39, 0.29) is 11.8 Å². The second kappa shape index (κ2) is 5.60. The summed E-state index contributed by atoms with van der Waals surface area (Å²) in [7, 11) is 1.82. The van der Waals surface area contributed by atoms with E-state index in [0.29, 0.717) is 0 Å². The third-order valence-corrected chi connectivity index (χ3v) is 3.77. The molecular formula is C13H18BrNO. The van der Waals surface area contributed by atoms with Crippen molar-refractivity contribution in [2.45, 2.75) is 33.2 Å². The zero-order valence-corrected chi connectivity index (χ0v) is 11.8. The predicted molar refractivity (Wildman–Crippen MR) is 70.8 cm³/mol. The smallest absolute Gasteiger partial charge is 0.147 e. The van der Waals surface area contributed by atoms with Crippen molar-refractivity contribution in [1.29, 1.82) is 0 Å². The number of benzene rings is 1. The van der Waals surface area contributed by atoms with Crippen LogP contribution in [0.25, 0.3) is 0 Å². The van der Waals surface area contributed by atoms with Crippen molar-refractivity contribution in [3.8, 4) is 0 Å². The second-order valence-corrected chi connectivity index (χ2v) is 5.03. The van der Waals surface area contributed by atoms with E-state index in [1.165, 1.54) is 16.7 Å². The molecule has 0 aromatic heterocycles. The monoisotopic (exact) mass is 283 g/mol. The first-order valence-corrected chi connectivity index (χ1v) is 6.18. The highest BCUT2D eigenvalue weighted by Crippen LogP contribution is 2.22. The van der Waals surface area contributed by atoms with E-state index in [4.69, 9.17) is 0 Å². The Kier molecular flexibility index (Phi) is 4.69. The molecule has 2 nitrogen and oxygen atoms in total. The molecule has 1 rings (SSSR count). The Labute approximate surface area is 106 Å². The van der Waals surface area contributed by atoms with Crippen LogP contribution in [0.2, 0.25) is 0 Å². The summed E-state index contributed by atoms with van der Waals surface area (Å²) in [4.78, 5) is 11.3.